The first kappa shape index (κ1) is 25.9. The molecule has 1 aromatic rings. The summed E-state index contributed by atoms with van der Waals surface area (Å²) in [6, 6.07) is 6.75. The van der Waals surface area contributed by atoms with Crippen molar-refractivity contribution in [1.29, 1.82) is 0 Å². The van der Waals surface area contributed by atoms with Crippen LogP contribution in [0.4, 0.5) is 0 Å². The second-order valence-electron chi connectivity index (χ2n) is 7.96. The van der Waals surface area contributed by atoms with Gasteiger partial charge in [-0.25, -0.2) is 0 Å². The van der Waals surface area contributed by atoms with Gasteiger partial charge in [-0.05, 0) is 67.7 Å². The Hall–Kier alpha value is -3.38. The summed E-state index contributed by atoms with van der Waals surface area (Å²) >= 11 is 0. The van der Waals surface area contributed by atoms with Gasteiger partial charge in [-0.3, -0.25) is 9.59 Å². The zero-order valence-corrected chi connectivity index (χ0v) is 19.1. The van der Waals surface area contributed by atoms with E-state index in [1.165, 1.54) is 38.3 Å². The molecular formula is C26H32N4O3. The maximum Gasteiger partial charge on any atom is 0.296 e. The number of hydrogen-bond acceptors (Lipinski definition) is 3. The molecule has 1 fully saturated rings. The maximum absolute atomic E-state index is 12.0. The van der Waals surface area contributed by atoms with Gasteiger partial charge in [0, 0.05) is 44.2 Å². The van der Waals surface area contributed by atoms with E-state index in [1.807, 2.05) is 0 Å². The molecule has 0 atom stereocenters. The highest BCUT2D eigenvalue weighted by molar-refractivity contribution is 5.95. The van der Waals surface area contributed by atoms with Crippen molar-refractivity contribution in [2.24, 2.45) is 5.92 Å². The Labute approximate surface area is 196 Å². The van der Waals surface area contributed by atoms with Gasteiger partial charge >= 0.3 is 0 Å². The van der Waals surface area contributed by atoms with Crippen molar-refractivity contribution in [1.82, 2.24) is 10.6 Å². The number of hydrogen-bond donors (Lipinski definition) is 2. The molecule has 7 heteroatoms. The number of benzene rings is 1. The number of rotatable bonds is 11. The van der Waals surface area contributed by atoms with Crippen LogP contribution in [0.25, 0.3) is 5.53 Å². The van der Waals surface area contributed by atoms with E-state index < -0.39 is 0 Å². The van der Waals surface area contributed by atoms with Crippen LogP contribution in [0.5, 0.6) is 0 Å². The van der Waals surface area contributed by atoms with Crippen molar-refractivity contribution in [2.45, 2.75) is 51.4 Å². The molecule has 0 heterocycles. The Morgan fingerprint density at radius 1 is 1.03 bits per heavy atom. The average molecular weight is 449 g/mol. The Kier molecular flexibility index (Phi) is 12.8. The number of ether oxygens (including phenoxy) is 1. The Morgan fingerprint density at radius 3 is 2.42 bits per heavy atom. The first-order chi connectivity index (χ1) is 16.2. The minimum Gasteiger partial charge on any atom is -0.381 e. The number of carbonyl (C=O) groups excluding carboxylic acids is 2. The SMILES string of the molecule is [N-]=[N+]=Cc1ccc(C(=O)NCCCOCCCNC(=O)C#CC#CCC2CCCCC2)cc1. The van der Waals surface area contributed by atoms with Gasteiger partial charge in [0.15, 0.2) is 0 Å². The summed E-state index contributed by atoms with van der Waals surface area (Å²) in [6.45, 7) is 2.05. The highest BCUT2D eigenvalue weighted by atomic mass is 16.5. The lowest BCUT2D eigenvalue weighted by atomic mass is 9.87. The molecule has 0 saturated heterocycles. The number of nitrogens with one attached hydrogen (secondary N) is 2. The molecule has 0 spiro atoms. The van der Waals surface area contributed by atoms with Crippen LogP contribution in [0.1, 0.15) is 67.3 Å². The van der Waals surface area contributed by atoms with Gasteiger partial charge in [0.25, 0.3) is 18.0 Å². The molecule has 1 aliphatic rings. The zero-order valence-electron chi connectivity index (χ0n) is 19.1. The van der Waals surface area contributed by atoms with Gasteiger partial charge < -0.3 is 20.9 Å². The zero-order chi connectivity index (χ0) is 23.6. The molecule has 2 rings (SSSR count). The fraction of sp³-hybridized carbons (Fsp3) is 0.500. The van der Waals surface area contributed by atoms with Crippen molar-refractivity contribution in [2.75, 3.05) is 26.3 Å². The van der Waals surface area contributed by atoms with Gasteiger partial charge in [-0.2, -0.15) is 4.79 Å². The fourth-order valence-corrected chi connectivity index (χ4v) is 3.51. The predicted octanol–water partition coefficient (Wildman–Crippen LogP) is 2.96. The molecule has 1 aliphatic carbocycles. The maximum atomic E-state index is 12.0. The lowest BCUT2D eigenvalue weighted by molar-refractivity contribution is -0.115. The lowest BCUT2D eigenvalue weighted by Gasteiger charge is -2.18. The van der Waals surface area contributed by atoms with E-state index in [9.17, 15) is 9.59 Å². The normalized spacial score (nSPS) is 12.8. The second-order valence-corrected chi connectivity index (χ2v) is 7.96. The summed E-state index contributed by atoms with van der Waals surface area (Å²) in [5.41, 5.74) is 9.74. The van der Waals surface area contributed by atoms with Crippen LogP contribution in [0.2, 0.25) is 0 Å². The quantitative estimate of drug-likeness (QED) is 0.179. The van der Waals surface area contributed by atoms with Crippen LogP contribution in [-0.4, -0.2) is 49.1 Å². The molecule has 2 N–H and O–H groups in total. The van der Waals surface area contributed by atoms with Crippen LogP contribution in [-0.2, 0) is 9.53 Å². The molecule has 7 nitrogen and oxygen atoms in total. The third-order valence-electron chi connectivity index (χ3n) is 5.32. The molecule has 1 saturated carbocycles. The average Bonchev–Trinajstić information content (AvgIpc) is 2.84. The van der Waals surface area contributed by atoms with Gasteiger partial charge in [-0.15, -0.1) is 0 Å². The van der Waals surface area contributed by atoms with Gasteiger partial charge in [0.05, 0.1) is 5.56 Å². The molecular weight excluding hydrogens is 416 g/mol. The standard InChI is InChI=1S/C26H32N4O3/c27-30-21-23-13-15-24(16-14-23)26(32)29-18-8-20-33-19-7-17-28-25(31)12-6-2-5-11-22-9-3-1-4-10-22/h13-16,21-22H,1,3-4,7-11,17-20H2,(H,28,31)(H,29,32). The highest BCUT2D eigenvalue weighted by Gasteiger charge is 2.11. The molecule has 0 aromatic heterocycles. The molecule has 0 radical (unpaired) electrons. The number of nitrogens with zero attached hydrogens (tertiary/aromatic N) is 2. The predicted molar refractivity (Wildman–Crippen MR) is 127 cm³/mol. The summed E-state index contributed by atoms with van der Waals surface area (Å²) in [5, 5.41) is 5.56. The van der Waals surface area contributed by atoms with Crippen LogP contribution in [0, 0.1) is 29.6 Å². The summed E-state index contributed by atoms with van der Waals surface area (Å²) in [7, 11) is 0. The van der Waals surface area contributed by atoms with Crippen molar-refractivity contribution in [3.05, 3.63) is 40.9 Å². The minimum absolute atomic E-state index is 0.162. The van der Waals surface area contributed by atoms with Crippen molar-refractivity contribution in [3.63, 3.8) is 0 Å². The van der Waals surface area contributed by atoms with E-state index in [1.54, 1.807) is 24.3 Å². The van der Waals surface area contributed by atoms with E-state index in [2.05, 4.69) is 39.1 Å². The van der Waals surface area contributed by atoms with E-state index in [0.717, 1.165) is 6.42 Å². The monoisotopic (exact) mass is 448 g/mol. The summed E-state index contributed by atoms with van der Waals surface area (Å²) < 4.78 is 5.52. The van der Waals surface area contributed by atoms with E-state index in [4.69, 9.17) is 10.3 Å². The van der Waals surface area contributed by atoms with Gasteiger partial charge in [0.1, 0.15) is 0 Å². The van der Waals surface area contributed by atoms with E-state index in [-0.39, 0.29) is 11.8 Å². The van der Waals surface area contributed by atoms with Crippen molar-refractivity contribution >= 4 is 18.0 Å². The van der Waals surface area contributed by atoms with E-state index in [0.29, 0.717) is 56.2 Å². The van der Waals surface area contributed by atoms with Crippen LogP contribution in [0.15, 0.2) is 24.3 Å². The Morgan fingerprint density at radius 2 is 1.73 bits per heavy atom. The number of carbonyl (C=O) groups is 2. The Balaban J connectivity index is 1.44. The smallest absolute Gasteiger partial charge is 0.296 e. The first-order valence-electron chi connectivity index (χ1n) is 11.6. The van der Waals surface area contributed by atoms with Gasteiger partial charge in [0.2, 0.25) is 0 Å². The molecule has 0 aliphatic heterocycles. The fourth-order valence-electron chi connectivity index (χ4n) is 3.51. The molecule has 0 unspecified atom stereocenters. The second kappa shape index (κ2) is 16.3. The summed E-state index contributed by atoms with van der Waals surface area (Å²) in [6.07, 6.45) is 10.0. The van der Waals surface area contributed by atoms with Crippen LogP contribution < -0.4 is 10.6 Å². The molecule has 0 bridgehead atoms. The van der Waals surface area contributed by atoms with Gasteiger partial charge in [-0.1, -0.05) is 25.2 Å². The third-order valence-corrected chi connectivity index (χ3v) is 5.32. The topological polar surface area (TPSA) is 104 Å². The molecule has 33 heavy (non-hydrogen) atoms. The molecule has 174 valence electrons. The van der Waals surface area contributed by atoms with Crippen LogP contribution >= 0.6 is 0 Å². The van der Waals surface area contributed by atoms with Crippen molar-refractivity contribution < 1.29 is 19.1 Å². The van der Waals surface area contributed by atoms with E-state index >= 15 is 0 Å². The summed E-state index contributed by atoms with van der Waals surface area (Å²) in [5.74, 6) is 11.2. The molecule has 2 amide bonds. The summed E-state index contributed by atoms with van der Waals surface area (Å²) in [4.78, 5) is 26.7. The third kappa shape index (κ3) is 11.7. The van der Waals surface area contributed by atoms with Crippen molar-refractivity contribution in [3.8, 4) is 23.7 Å². The minimum atomic E-state index is -0.318. The Bertz CT molecular complexity index is 922. The highest BCUT2D eigenvalue weighted by Crippen LogP contribution is 2.25. The van der Waals surface area contributed by atoms with Crippen LogP contribution in [0.3, 0.4) is 0 Å². The number of amides is 2. The lowest BCUT2D eigenvalue weighted by Crippen LogP contribution is -2.25. The molecule has 1 aromatic carbocycles. The largest absolute Gasteiger partial charge is 0.381 e. The first-order valence-corrected chi connectivity index (χ1v) is 11.6.